The largest absolute Gasteiger partial charge is 0.478 e. The summed E-state index contributed by atoms with van der Waals surface area (Å²) < 4.78 is 13.4. The highest BCUT2D eigenvalue weighted by Gasteiger charge is 2.10. The highest BCUT2D eigenvalue weighted by molar-refractivity contribution is 5.94. The summed E-state index contributed by atoms with van der Waals surface area (Å²) in [6, 6.07) is 11.7. The minimum absolute atomic E-state index is 0.154. The molecule has 0 aliphatic rings. The van der Waals surface area contributed by atoms with Gasteiger partial charge in [0.05, 0.1) is 17.4 Å². The van der Waals surface area contributed by atoms with E-state index in [9.17, 15) is 9.18 Å². The first kappa shape index (κ1) is 14.0. The van der Waals surface area contributed by atoms with E-state index in [0.29, 0.717) is 12.2 Å². The van der Waals surface area contributed by atoms with Gasteiger partial charge in [0, 0.05) is 12.7 Å². The Morgan fingerprint density at radius 3 is 2.91 bits per heavy atom. The summed E-state index contributed by atoms with van der Waals surface area (Å²) in [6.45, 7) is 0.382. The van der Waals surface area contributed by atoms with Crippen LogP contribution >= 0.6 is 0 Å². The van der Waals surface area contributed by atoms with Gasteiger partial charge in [-0.25, -0.2) is 9.18 Å². The lowest BCUT2D eigenvalue weighted by Gasteiger charge is -2.11. The lowest BCUT2D eigenvalue weighted by molar-refractivity contribution is 0.0698. The van der Waals surface area contributed by atoms with Crippen molar-refractivity contribution >= 4 is 22.4 Å². The van der Waals surface area contributed by atoms with E-state index in [4.69, 9.17) is 5.11 Å². The van der Waals surface area contributed by atoms with Crippen LogP contribution in [0.15, 0.2) is 54.9 Å². The number of pyridine rings is 1. The first-order chi connectivity index (χ1) is 10.6. The van der Waals surface area contributed by atoms with Crippen molar-refractivity contribution in [2.75, 3.05) is 5.32 Å². The van der Waals surface area contributed by atoms with Gasteiger partial charge in [-0.2, -0.15) is 0 Å². The number of carboxylic acids is 1. The number of rotatable bonds is 4. The van der Waals surface area contributed by atoms with Crippen molar-refractivity contribution < 1.29 is 14.3 Å². The van der Waals surface area contributed by atoms with Crippen molar-refractivity contribution in [2.45, 2.75) is 6.54 Å². The molecule has 0 aliphatic heterocycles. The molecule has 0 unspecified atom stereocenters. The molecule has 0 bridgehead atoms. The van der Waals surface area contributed by atoms with E-state index < -0.39 is 5.97 Å². The van der Waals surface area contributed by atoms with Crippen LogP contribution in [0.2, 0.25) is 0 Å². The molecular formula is C17H13FN2O2. The molecule has 1 heterocycles. The van der Waals surface area contributed by atoms with Crippen LogP contribution in [0.5, 0.6) is 0 Å². The number of nitrogens with one attached hydrogen (secondary N) is 1. The number of benzene rings is 2. The highest BCUT2D eigenvalue weighted by atomic mass is 19.1. The third kappa shape index (κ3) is 2.74. The lowest BCUT2D eigenvalue weighted by atomic mass is 10.0. The van der Waals surface area contributed by atoms with Crippen molar-refractivity contribution in [3.63, 3.8) is 0 Å². The first-order valence-electron chi connectivity index (χ1n) is 6.73. The smallest absolute Gasteiger partial charge is 0.337 e. The molecule has 0 amide bonds. The van der Waals surface area contributed by atoms with Crippen LogP contribution in [-0.4, -0.2) is 16.1 Å². The molecule has 3 aromatic rings. The highest BCUT2D eigenvalue weighted by Crippen LogP contribution is 2.22. The average molecular weight is 296 g/mol. The fraction of sp³-hybridized carbons (Fsp3) is 0.0588. The molecule has 2 N–H and O–H groups in total. The van der Waals surface area contributed by atoms with E-state index in [1.54, 1.807) is 6.07 Å². The second kappa shape index (κ2) is 5.81. The van der Waals surface area contributed by atoms with Gasteiger partial charge < -0.3 is 10.4 Å². The van der Waals surface area contributed by atoms with Gasteiger partial charge in [0.2, 0.25) is 0 Å². The van der Waals surface area contributed by atoms with Crippen molar-refractivity contribution in [3.8, 4) is 0 Å². The van der Waals surface area contributed by atoms with E-state index in [0.717, 1.165) is 16.3 Å². The van der Waals surface area contributed by atoms with Gasteiger partial charge in [-0.15, -0.1) is 0 Å². The summed E-state index contributed by atoms with van der Waals surface area (Å²) in [7, 11) is 0. The topological polar surface area (TPSA) is 62.2 Å². The maximum atomic E-state index is 13.4. The van der Waals surface area contributed by atoms with Gasteiger partial charge in [-0.1, -0.05) is 24.3 Å². The van der Waals surface area contributed by atoms with E-state index in [2.05, 4.69) is 10.3 Å². The van der Waals surface area contributed by atoms with Gasteiger partial charge in [-0.05, 0) is 34.5 Å². The molecule has 0 atom stereocenters. The summed E-state index contributed by atoms with van der Waals surface area (Å²) in [5, 5.41) is 13.9. The Balaban J connectivity index is 1.92. The Bertz CT molecular complexity index is 849. The van der Waals surface area contributed by atoms with E-state index in [-0.39, 0.29) is 11.4 Å². The van der Waals surface area contributed by atoms with Crippen LogP contribution in [0.3, 0.4) is 0 Å². The quantitative estimate of drug-likeness (QED) is 0.771. The SMILES string of the molecule is O=C(O)c1ccncc1NCc1cccc2ccc(F)cc12. The van der Waals surface area contributed by atoms with Crippen LogP contribution in [0.1, 0.15) is 15.9 Å². The van der Waals surface area contributed by atoms with E-state index in [1.807, 2.05) is 18.2 Å². The maximum absolute atomic E-state index is 13.4. The third-order valence-corrected chi connectivity index (χ3v) is 3.46. The molecule has 4 nitrogen and oxygen atoms in total. The number of fused-ring (bicyclic) bond motifs is 1. The monoisotopic (exact) mass is 296 g/mol. The molecule has 3 rings (SSSR count). The van der Waals surface area contributed by atoms with Crippen molar-refractivity contribution in [2.24, 2.45) is 0 Å². The molecule has 22 heavy (non-hydrogen) atoms. The van der Waals surface area contributed by atoms with E-state index in [1.165, 1.54) is 30.6 Å². The van der Waals surface area contributed by atoms with Crippen molar-refractivity contribution in [1.29, 1.82) is 0 Å². The fourth-order valence-electron chi connectivity index (χ4n) is 2.38. The number of carboxylic acid groups (broad SMARTS) is 1. The van der Waals surface area contributed by atoms with Crippen LogP contribution in [0.4, 0.5) is 10.1 Å². The number of nitrogens with zero attached hydrogens (tertiary/aromatic N) is 1. The molecule has 0 fully saturated rings. The van der Waals surface area contributed by atoms with Crippen LogP contribution in [0, 0.1) is 5.82 Å². The van der Waals surface area contributed by atoms with Crippen LogP contribution in [-0.2, 0) is 6.54 Å². The molecule has 0 aliphatic carbocycles. The standard InChI is InChI=1S/C17H13FN2O2/c18-13-5-4-11-2-1-3-12(15(11)8-13)9-20-16-10-19-7-6-14(16)17(21)22/h1-8,10,20H,9H2,(H,21,22). The summed E-state index contributed by atoms with van der Waals surface area (Å²) in [5.41, 5.74) is 1.47. The molecule has 0 saturated heterocycles. The second-order valence-corrected chi connectivity index (χ2v) is 4.86. The van der Waals surface area contributed by atoms with E-state index >= 15 is 0 Å². The number of halogens is 1. The molecule has 0 spiro atoms. The van der Waals surface area contributed by atoms with Gasteiger partial charge >= 0.3 is 5.97 Å². The molecule has 0 saturated carbocycles. The minimum Gasteiger partial charge on any atom is -0.478 e. The maximum Gasteiger partial charge on any atom is 0.337 e. The number of hydrogen-bond acceptors (Lipinski definition) is 3. The lowest BCUT2D eigenvalue weighted by Crippen LogP contribution is -2.07. The van der Waals surface area contributed by atoms with Gasteiger partial charge in [0.1, 0.15) is 5.82 Å². The molecule has 110 valence electrons. The molecule has 1 aromatic heterocycles. The number of carbonyl (C=O) groups is 1. The Morgan fingerprint density at radius 2 is 2.09 bits per heavy atom. The van der Waals surface area contributed by atoms with Crippen LogP contribution < -0.4 is 5.32 Å². The summed E-state index contributed by atoms with van der Waals surface area (Å²) in [5.74, 6) is -1.32. The number of hydrogen-bond donors (Lipinski definition) is 2. The third-order valence-electron chi connectivity index (χ3n) is 3.46. The molecular weight excluding hydrogens is 283 g/mol. The normalized spacial score (nSPS) is 10.6. The Kier molecular flexibility index (Phi) is 3.70. The predicted octanol–water partition coefficient (Wildman–Crippen LogP) is 3.68. The first-order valence-corrected chi connectivity index (χ1v) is 6.73. The van der Waals surface area contributed by atoms with Crippen molar-refractivity contribution in [1.82, 2.24) is 4.98 Å². The predicted molar refractivity (Wildman–Crippen MR) is 82.4 cm³/mol. The minimum atomic E-state index is -1.02. The summed E-state index contributed by atoms with van der Waals surface area (Å²) >= 11 is 0. The van der Waals surface area contributed by atoms with Gasteiger partial charge in [0.15, 0.2) is 0 Å². The molecule has 5 heteroatoms. The zero-order valence-electron chi connectivity index (χ0n) is 11.6. The van der Waals surface area contributed by atoms with Gasteiger partial charge in [0.25, 0.3) is 0 Å². The summed E-state index contributed by atoms with van der Waals surface area (Å²) in [6.07, 6.45) is 2.90. The molecule has 0 radical (unpaired) electrons. The summed E-state index contributed by atoms with van der Waals surface area (Å²) in [4.78, 5) is 15.1. The average Bonchev–Trinajstić information content (AvgIpc) is 2.53. The van der Waals surface area contributed by atoms with Gasteiger partial charge in [-0.3, -0.25) is 4.98 Å². The number of aromatic nitrogens is 1. The second-order valence-electron chi connectivity index (χ2n) is 4.86. The Morgan fingerprint density at radius 1 is 1.23 bits per heavy atom. The molecule has 2 aromatic carbocycles. The van der Waals surface area contributed by atoms with Crippen LogP contribution in [0.25, 0.3) is 10.8 Å². The Hall–Kier alpha value is -2.95. The number of aromatic carboxylic acids is 1. The number of anilines is 1. The zero-order valence-corrected chi connectivity index (χ0v) is 11.6. The Labute approximate surface area is 126 Å². The zero-order chi connectivity index (χ0) is 15.5. The van der Waals surface area contributed by atoms with Crippen molar-refractivity contribution in [3.05, 3.63) is 71.8 Å². The fourth-order valence-corrected chi connectivity index (χ4v) is 2.38.